The number of H-pyrrole nitrogens is 1. The zero-order chi connectivity index (χ0) is 8.97. The predicted octanol–water partition coefficient (Wildman–Crippen LogP) is -0.638. The maximum absolute atomic E-state index is 8.97. The Morgan fingerprint density at radius 1 is 1.58 bits per heavy atom. The van der Waals surface area contributed by atoms with Crippen molar-refractivity contribution in [3.05, 3.63) is 12.1 Å². The summed E-state index contributed by atoms with van der Waals surface area (Å²) in [5.41, 5.74) is 5.41. The molecule has 0 aliphatic carbocycles. The van der Waals surface area contributed by atoms with Crippen LogP contribution in [0.25, 0.3) is 0 Å². The molecule has 5 heteroatoms. The van der Waals surface area contributed by atoms with Crippen molar-refractivity contribution in [1.82, 2.24) is 4.98 Å². The normalized spacial score (nSPS) is 12.8. The number of aliphatic hydroxyl groups excluding tert-OH is 2. The number of aliphatic hydroxyl groups is 2. The van der Waals surface area contributed by atoms with Crippen molar-refractivity contribution in [3.8, 4) is 0 Å². The van der Waals surface area contributed by atoms with Crippen molar-refractivity contribution in [1.29, 1.82) is 0 Å². The molecule has 68 valence electrons. The molecule has 1 heterocycles. The number of anilines is 2. The maximum atomic E-state index is 8.97. The van der Waals surface area contributed by atoms with E-state index < -0.39 is 6.10 Å². The Kier molecular flexibility index (Phi) is 2.95. The Bertz CT molecular complexity index is 236. The van der Waals surface area contributed by atoms with Gasteiger partial charge < -0.3 is 26.2 Å². The molecular weight excluding hydrogens is 158 g/mol. The number of aromatic nitrogens is 1. The van der Waals surface area contributed by atoms with Crippen LogP contribution in [0, 0.1) is 0 Å². The standard InChI is InChI=1S/C7H13N3O2/c8-6-1-2-7(10-6)9-3-5(12)4-11/h1-2,5,9-12H,3-4,8H2. The van der Waals surface area contributed by atoms with Crippen LogP contribution in [0.3, 0.4) is 0 Å². The third kappa shape index (κ3) is 2.44. The summed E-state index contributed by atoms with van der Waals surface area (Å²) < 4.78 is 0. The Labute approximate surface area is 70.2 Å². The van der Waals surface area contributed by atoms with Gasteiger partial charge in [-0.05, 0) is 12.1 Å². The van der Waals surface area contributed by atoms with Crippen LogP contribution in [0.1, 0.15) is 0 Å². The monoisotopic (exact) mass is 171 g/mol. The van der Waals surface area contributed by atoms with Crippen molar-refractivity contribution >= 4 is 11.6 Å². The van der Waals surface area contributed by atoms with Gasteiger partial charge in [-0.15, -0.1) is 0 Å². The first-order valence-electron chi connectivity index (χ1n) is 3.69. The molecule has 0 fully saturated rings. The molecule has 0 aliphatic rings. The van der Waals surface area contributed by atoms with Crippen LogP contribution in [0.4, 0.5) is 11.6 Å². The van der Waals surface area contributed by atoms with E-state index in [1.807, 2.05) is 0 Å². The van der Waals surface area contributed by atoms with E-state index in [0.717, 1.165) is 5.82 Å². The minimum Gasteiger partial charge on any atom is -0.394 e. The molecule has 1 aromatic rings. The minimum atomic E-state index is -0.741. The fourth-order valence-electron chi connectivity index (χ4n) is 0.807. The second-order valence-electron chi connectivity index (χ2n) is 2.54. The lowest BCUT2D eigenvalue weighted by molar-refractivity contribution is 0.105. The number of nitrogen functional groups attached to an aromatic ring is 1. The summed E-state index contributed by atoms with van der Waals surface area (Å²) >= 11 is 0. The molecule has 1 rings (SSSR count). The maximum Gasteiger partial charge on any atom is 0.104 e. The van der Waals surface area contributed by atoms with Crippen molar-refractivity contribution in [2.45, 2.75) is 6.10 Å². The second-order valence-corrected chi connectivity index (χ2v) is 2.54. The lowest BCUT2D eigenvalue weighted by Crippen LogP contribution is -2.23. The van der Waals surface area contributed by atoms with Crippen molar-refractivity contribution in [2.24, 2.45) is 0 Å². The van der Waals surface area contributed by atoms with Crippen LogP contribution in [0.5, 0.6) is 0 Å². The molecular formula is C7H13N3O2. The van der Waals surface area contributed by atoms with Gasteiger partial charge in [-0.3, -0.25) is 0 Å². The van der Waals surface area contributed by atoms with Crippen LogP contribution >= 0.6 is 0 Å². The van der Waals surface area contributed by atoms with Crippen molar-refractivity contribution < 1.29 is 10.2 Å². The fraction of sp³-hybridized carbons (Fsp3) is 0.429. The van der Waals surface area contributed by atoms with Gasteiger partial charge >= 0.3 is 0 Å². The van der Waals surface area contributed by atoms with Crippen LogP contribution in [-0.4, -0.2) is 34.5 Å². The van der Waals surface area contributed by atoms with Gasteiger partial charge in [0, 0.05) is 6.54 Å². The van der Waals surface area contributed by atoms with E-state index in [1.165, 1.54) is 0 Å². The van der Waals surface area contributed by atoms with E-state index in [1.54, 1.807) is 12.1 Å². The second kappa shape index (κ2) is 3.99. The number of hydrogen-bond donors (Lipinski definition) is 5. The quantitative estimate of drug-likeness (QED) is 0.416. The van der Waals surface area contributed by atoms with Crippen LogP contribution < -0.4 is 11.1 Å². The molecule has 0 saturated heterocycles. The summed E-state index contributed by atoms with van der Waals surface area (Å²) in [5, 5.41) is 20.3. The molecule has 1 unspecified atom stereocenters. The predicted molar refractivity (Wildman–Crippen MR) is 46.8 cm³/mol. The van der Waals surface area contributed by atoms with Gasteiger partial charge in [-0.25, -0.2) is 0 Å². The molecule has 12 heavy (non-hydrogen) atoms. The van der Waals surface area contributed by atoms with Gasteiger partial charge in [0.1, 0.15) is 11.6 Å². The van der Waals surface area contributed by atoms with Gasteiger partial charge in [-0.1, -0.05) is 0 Å². The van der Waals surface area contributed by atoms with E-state index >= 15 is 0 Å². The first kappa shape index (κ1) is 8.89. The number of aromatic amines is 1. The highest BCUT2D eigenvalue weighted by molar-refractivity contribution is 5.45. The Morgan fingerprint density at radius 3 is 2.83 bits per heavy atom. The summed E-state index contributed by atoms with van der Waals surface area (Å²) in [6.07, 6.45) is -0.741. The first-order valence-corrected chi connectivity index (χ1v) is 3.69. The number of nitrogens with one attached hydrogen (secondary N) is 2. The molecule has 0 saturated carbocycles. The zero-order valence-electron chi connectivity index (χ0n) is 6.62. The lowest BCUT2D eigenvalue weighted by atomic mass is 10.4. The number of hydrogen-bond acceptors (Lipinski definition) is 4. The van der Waals surface area contributed by atoms with E-state index in [4.69, 9.17) is 15.9 Å². The van der Waals surface area contributed by atoms with Gasteiger partial charge in [0.05, 0.1) is 12.7 Å². The summed E-state index contributed by atoms with van der Waals surface area (Å²) in [4.78, 5) is 2.83. The fourth-order valence-corrected chi connectivity index (χ4v) is 0.807. The smallest absolute Gasteiger partial charge is 0.104 e. The molecule has 1 atom stereocenters. The SMILES string of the molecule is Nc1ccc(NCC(O)CO)[nH]1. The lowest BCUT2D eigenvalue weighted by Gasteiger charge is -2.07. The minimum absolute atomic E-state index is 0.247. The van der Waals surface area contributed by atoms with Crippen molar-refractivity contribution in [3.63, 3.8) is 0 Å². The molecule has 6 N–H and O–H groups in total. The Morgan fingerprint density at radius 2 is 2.33 bits per heavy atom. The topological polar surface area (TPSA) is 94.3 Å². The highest BCUT2D eigenvalue weighted by Crippen LogP contribution is 2.07. The zero-order valence-corrected chi connectivity index (χ0v) is 6.62. The largest absolute Gasteiger partial charge is 0.394 e. The average molecular weight is 171 g/mol. The number of rotatable bonds is 4. The summed E-state index contributed by atoms with van der Waals surface area (Å²) in [5.74, 6) is 1.30. The van der Waals surface area contributed by atoms with Crippen LogP contribution in [0.2, 0.25) is 0 Å². The van der Waals surface area contributed by atoms with Gasteiger partial charge in [0.2, 0.25) is 0 Å². The summed E-state index contributed by atoms with van der Waals surface area (Å²) in [6, 6.07) is 3.48. The summed E-state index contributed by atoms with van der Waals surface area (Å²) in [6.45, 7) is 0.0552. The Balaban J connectivity index is 2.33. The van der Waals surface area contributed by atoms with Gasteiger partial charge in [0.25, 0.3) is 0 Å². The van der Waals surface area contributed by atoms with E-state index in [2.05, 4.69) is 10.3 Å². The third-order valence-corrected chi connectivity index (χ3v) is 1.45. The molecule has 0 aliphatic heterocycles. The van der Waals surface area contributed by atoms with Gasteiger partial charge in [0.15, 0.2) is 0 Å². The Hall–Kier alpha value is -1.20. The van der Waals surface area contributed by atoms with E-state index in [0.29, 0.717) is 12.4 Å². The highest BCUT2D eigenvalue weighted by Gasteiger charge is 2.01. The molecule has 0 spiro atoms. The summed E-state index contributed by atoms with van der Waals surface area (Å²) in [7, 11) is 0. The third-order valence-electron chi connectivity index (χ3n) is 1.45. The molecule has 1 aromatic heterocycles. The molecule has 5 nitrogen and oxygen atoms in total. The first-order chi connectivity index (χ1) is 5.72. The van der Waals surface area contributed by atoms with Crippen molar-refractivity contribution in [2.75, 3.05) is 24.2 Å². The van der Waals surface area contributed by atoms with E-state index in [9.17, 15) is 0 Å². The van der Waals surface area contributed by atoms with E-state index in [-0.39, 0.29) is 6.61 Å². The number of nitrogens with two attached hydrogens (primary N) is 1. The molecule has 0 amide bonds. The van der Waals surface area contributed by atoms with Gasteiger partial charge in [-0.2, -0.15) is 0 Å². The average Bonchev–Trinajstić information content (AvgIpc) is 2.47. The molecule has 0 radical (unpaired) electrons. The van der Waals surface area contributed by atoms with Crippen LogP contribution in [-0.2, 0) is 0 Å². The van der Waals surface area contributed by atoms with Crippen LogP contribution in [0.15, 0.2) is 12.1 Å². The highest BCUT2D eigenvalue weighted by atomic mass is 16.3. The molecule has 0 bridgehead atoms. The molecule has 0 aromatic carbocycles.